The van der Waals surface area contributed by atoms with Crippen LogP contribution in [-0.4, -0.2) is 37.0 Å². The van der Waals surface area contributed by atoms with E-state index >= 15 is 0 Å². The lowest BCUT2D eigenvalue weighted by atomic mass is 9.97. The van der Waals surface area contributed by atoms with E-state index in [0.29, 0.717) is 11.4 Å². The van der Waals surface area contributed by atoms with Gasteiger partial charge in [-0.15, -0.1) is 0 Å². The van der Waals surface area contributed by atoms with Gasteiger partial charge in [0.1, 0.15) is 11.6 Å². The molecule has 10 heteroatoms. The van der Waals surface area contributed by atoms with Crippen LogP contribution in [0.25, 0.3) is 11.1 Å². The fourth-order valence-electron chi connectivity index (χ4n) is 3.00. The van der Waals surface area contributed by atoms with Crippen molar-refractivity contribution in [3.8, 4) is 11.1 Å². The predicted octanol–water partition coefficient (Wildman–Crippen LogP) is 3.10. The van der Waals surface area contributed by atoms with Crippen LogP contribution in [-0.2, 0) is 19.6 Å². The topological polar surface area (TPSA) is 125 Å². The number of rotatable bonds is 9. The summed E-state index contributed by atoms with van der Waals surface area (Å²) in [5.41, 5.74) is 1.66. The van der Waals surface area contributed by atoms with Crippen molar-refractivity contribution in [2.24, 2.45) is 5.92 Å². The molecule has 0 bridgehead atoms. The lowest BCUT2D eigenvalue weighted by Gasteiger charge is -2.29. The first-order valence-electron chi connectivity index (χ1n) is 10.1. The minimum Gasteiger partial charge on any atom is -0.342 e. The van der Waals surface area contributed by atoms with Crippen molar-refractivity contribution < 1.29 is 23.2 Å². The van der Waals surface area contributed by atoms with Crippen molar-refractivity contribution in [2.45, 2.75) is 50.6 Å². The number of carbonyl (C=O) groups excluding carboxylic acids is 2. The summed E-state index contributed by atoms with van der Waals surface area (Å²) < 4.78 is 28.1. The minimum absolute atomic E-state index is 0.0114. The average Bonchev–Trinajstić information content (AvgIpc) is 2.76. The van der Waals surface area contributed by atoms with Gasteiger partial charge < -0.3 is 5.32 Å². The standard InChI is InChI=1S/C22H28ClN3O5S/c1-5-14(2)19(20(27)25-29)24-21(28)22(3,4)26-32(30,31)18-12-8-16(9-13-18)15-6-10-17(23)11-7-15/h6-14,19,26,29H,5H2,1-4H3,(H,24,28)(H,25,27)/t14-,19-/m0/s1. The lowest BCUT2D eigenvalue weighted by molar-refractivity contribution is -0.137. The van der Waals surface area contributed by atoms with E-state index in [0.717, 1.165) is 11.1 Å². The Balaban J connectivity index is 2.18. The first-order valence-corrected chi connectivity index (χ1v) is 11.9. The third-order valence-corrected chi connectivity index (χ3v) is 7.12. The monoisotopic (exact) mass is 481 g/mol. The number of amides is 2. The van der Waals surface area contributed by atoms with Gasteiger partial charge >= 0.3 is 0 Å². The number of carbonyl (C=O) groups is 2. The highest BCUT2D eigenvalue weighted by atomic mass is 35.5. The third-order valence-electron chi connectivity index (χ3n) is 5.19. The molecule has 2 aromatic carbocycles. The largest absolute Gasteiger partial charge is 0.342 e. The van der Waals surface area contributed by atoms with E-state index in [1.54, 1.807) is 31.2 Å². The van der Waals surface area contributed by atoms with Crippen LogP contribution in [0.5, 0.6) is 0 Å². The van der Waals surface area contributed by atoms with Gasteiger partial charge in [0.15, 0.2) is 0 Å². The van der Waals surface area contributed by atoms with Gasteiger partial charge in [0.25, 0.3) is 5.91 Å². The summed E-state index contributed by atoms with van der Waals surface area (Å²) in [6.07, 6.45) is 0.560. The Bertz CT molecular complexity index is 1050. The lowest BCUT2D eigenvalue weighted by Crippen LogP contribution is -2.59. The molecule has 0 heterocycles. The van der Waals surface area contributed by atoms with Crippen molar-refractivity contribution in [1.29, 1.82) is 0 Å². The number of sulfonamides is 1. The fourth-order valence-corrected chi connectivity index (χ4v) is 4.51. The number of halogens is 1. The summed E-state index contributed by atoms with van der Waals surface area (Å²) >= 11 is 5.90. The number of hydrogen-bond donors (Lipinski definition) is 4. The van der Waals surface area contributed by atoms with Gasteiger partial charge in [-0.2, -0.15) is 4.72 Å². The minimum atomic E-state index is -4.04. The molecular formula is C22H28ClN3O5S. The molecule has 4 N–H and O–H groups in total. The predicted molar refractivity (Wildman–Crippen MR) is 123 cm³/mol. The summed E-state index contributed by atoms with van der Waals surface area (Å²) in [5.74, 6) is -1.75. The zero-order valence-electron chi connectivity index (χ0n) is 18.3. The maximum Gasteiger partial charge on any atom is 0.266 e. The molecule has 174 valence electrons. The van der Waals surface area contributed by atoms with Gasteiger partial charge in [0, 0.05) is 5.02 Å². The Morgan fingerprint density at radius 3 is 2.00 bits per heavy atom. The molecule has 0 aliphatic carbocycles. The van der Waals surface area contributed by atoms with Crippen molar-refractivity contribution in [2.75, 3.05) is 0 Å². The first kappa shape index (κ1) is 25.8. The molecule has 2 atom stereocenters. The summed E-state index contributed by atoms with van der Waals surface area (Å²) in [6, 6.07) is 12.3. The number of hydrogen-bond acceptors (Lipinski definition) is 5. The van der Waals surface area contributed by atoms with Gasteiger partial charge in [-0.3, -0.25) is 14.8 Å². The Morgan fingerprint density at radius 2 is 1.53 bits per heavy atom. The third kappa shape index (κ3) is 6.29. The Morgan fingerprint density at radius 1 is 1.03 bits per heavy atom. The van der Waals surface area contributed by atoms with Gasteiger partial charge in [-0.25, -0.2) is 13.9 Å². The second-order valence-electron chi connectivity index (χ2n) is 8.07. The molecule has 0 aliphatic rings. The summed E-state index contributed by atoms with van der Waals surface area (Å²) in [6.45, 7) is 6.36. The molecule has 2 amide bonds. The van der Waals surface area contributed by atoms with Crippen molar-refractivity contribution in [3.05, 3.63) is 53.6 Å². The van der Waals surface area contributed by atoms with Crippen LogP contribution in [0.15, 0.2) is 53.4 Å². The van der Waals surface area contributed by atoms with E-state index in [1.165, 1.54) is 31.5 Å². The normalized spacial score (nSPS) is 13.8. The average molecular weight is 482 g/mol. The number of benzene rings is 2. The van der Waals surface area contributed by atoms with E-state index in [-0.39, 0.29) is 10.8 Å². The molecule has 0 aromatic heterocycles. The number of hydroxylamine groups is 1. The van der Waals surface area contributed by atoms with Crippen molar-refractivity contribution >= 4 is 33.4 Å². The molecule has 0 unspecified atom stereocenters. The molecule has 0 radical (unpaired) electrons. The second kappa shape index (κ2) is 10.4. The fraction of sp³-hybridized carbons (Fsp3) is 0.364. The van der Waals surface area contributed by atoms with Crippen LogP contribution in [0.1, 0.15) is 34.1 Å². The van der Waals surface area contributed by atoms with Crippen molar-refractivity contribution in [1.82, 2.24) is 15.5 Å². The molecule has 0 fully saturated rings. The highest BCUT2D eigenvalue weighted by Gasteiger charge is 2.36. The Kier molecular flexibility index (Phi) is 8.41. The molecule has 2 aromatic rings. The summed E-state index contributed by atoms with van der Waals surface area (Å²) in [4.78, 5) is 24.7. The molecule has 8 nitrogen and oxygen atoms in total. The van der Waals surface area contributed by atoms with Crippen LogP contribution >= 0.6 is 11.6 Å². The highest BCUT2D eigenvalue weighted by molar-refractivity contribution is 7.89. The smallest absolute Gasteiger partial charge is 0.266 e. The van der Waals surface area contributed by atoms with Crippen LogP contribution in [0, 0.1) is 5.92 Å². The van der Waals surface area contributed by atoms with Crippen molar-refractivity contribution in [3.63, 3.8) is 0 Å². The maximum atomic E-state index is 12.9. The van der Waals surface area contributed by atoms with E-state index in [2.05, 4.69) is 10.0 Å². The van der Waals surface area contributed by atoms with Gasteiger partial charge in [0.05, 0.1) is 4.90 Å². The summed E-state index contributed by atoms with van der Waals surface area (Å²) in [7, 11) is -4.04. The van der Waals surface area contributed by atoms with E-state index < -0.39 is 33.4 Å². The van der Waals surface area contributed by atoms with E-state index in [1.807, 2.05) is 19.1 Å². The maximum absolute atomic E-state index is 12.9. The second-order valence-corrected chi connectivity index (χ2v) is 10.2. The molecule has 2 rings (SSSR count). The summed E-state index contributed by atoms with van der Waals surface area (Å²) in [5, 5.41) is 12.1. The molecule has 32 heavy (non-hydrogen) atoms. The molecular weight excluding hydrogens is 454 g/mol. The SMILES string of the molecule is CC[C@H](C)[C@H](NC(=O)C(C)(C)NS(=O)(=O)c1ccc(-c2ccc(Cl)cc2)cc1)C(=O)NO. The Labute approximate surface area is 193 Å². The number of nitrogens with one attached hydrogen (secondary N) is 3. The zero-order chi connectivity index (χ0) is 24.1. The first-order chi connectivity index (χ1) is 14.9. The highest BCUT2D eigenvalue weighted by Crippen LogP contribution is 2.23. The van der Waals surface area contributed by atoms with Gasteiger partial charge in [-0.05, 0) is 55.2 Å². The van der Waals surface area contributed by atoms with Crippen LogP contribution in [0.4, 0.5) is 0 Å². The van der Waals surface area contributed by atoms with Crippen LogP contribution in [0.3, 0.4) is 0 Å². The quantitative estimate of drug-likeness (QED) is 0.323. The van der Waals surface area contributed by atoms with Gasteiger partial charge in [-0.1, -0.05) is 56.1 Å². The molecule has 0 saturated carbocycles. The van der Waals surface area contributed by atoms with Gasteiger partial charge in [0.2, 0.25) is 15.9 Å². The molecule has 0 aliphatic heterocycles. The molecule has 0 saturated heterocycles. The van der Waals surface area contributed by atoms with E-state index in [4.69, 9.17) is 16.8 Å². The van der Waals surface area contributed by atoms with E-state index in [9.17, 15) is 18.0 Å². The van der Waals surface area contributed by atoms with Crippen LogP contribution < -0.4 is 15.5 Å². The Hall–Kier alpha value is -2.46. The van der Waals surface area contributed by atoms with Crippen LogP contribution in [0.2, 0.25) is 5.02 Å². The zero-order valence-corrected chi connectivity index (χ0v) is 19.9. The molecule has 0 spiro atoms.